The SMILES string of the molecule is O=C(NCCCN1CCCC1)Nc1snc(SCc2ccccc2F)c1C(=O)O. The molecule has 2 aromatic rings. The summed E-state index contributed by atoms with van der Waals surface area (Å²) in [6.07, 6.45) is 3.30. The van der Waals surface area contributed by atoms with Crippen LogP contribution in [0.2, 0.25) is 0 Å². The van der Waals surface area contributed by atoms with Crippen molar-refractivity contribution in [2.75, 3.05) is 31.5 Å². The number of amides is 2. The number of halogens is 1. The zero-order chi connectivity index (χ0) is 20.6. The van der Waals surface area contributed by atoms with Crippen LogP contribution in [0, 0.1) is 5.82 Å². The summed E-state index contributed by atoms with van der Waals surface area (Å²) >= 11 is 2.03. The first-order chi connectivity index (χ1) is 14.0. The number of nitrogens with zero attached hydrogens (tertiary/aromatic N) is 2. The molecule has 0 bridgehead atoms. The maximum absolute atomic E-state index is 13.8. The van der Waals surface area contributed by atoms with Gasteiger partial charge < -0.3 is 15.3 Å². The Morgan fingerprint density at radius 3 is 2.76 bits per heavy atom. The van der Waals surface area contributed by atoms with E-state index < -0.39 is 12.0 Å². The average Bonchev–Trinajstić information content (AvgIpc) is 3.34. The van der Waals surface area contributed by atoms with Crippen LogP contribution in [-0.2, 0) is 5.75 Å². The van der Waals surface area contributed by atoms with Gasteiger partial charge in [0.15, 0.2) is 0 Å². The number of carboxylic acid groups (broad SMARTS) is 1. The quantitative estimate of drug-likeness (QED) is 0.406. The number of urea groups is 1. The van der Waals surface area contributed by atoms with Crippen molar-refractivity contribution >= 4 is 40.3 Å². The Morgan fingerprint density at radius 1 is 1.28 bits per heavy atom. The van der Waals surface area contributed by atoms with E-state index in [9.17, 15) is 19.1 Å². The summed E-state index contributed by atoms with van der Waals surface area (Å²) in [5.41, 5.74) is 0.399. The number of carbonyl (C=O) groups excluding carboxylic acids is 1. The standard InChI is InChI=1S/C19H23FN4O3S2/c20-14-7-2-1-6-13(14)12-28-17-15(18(25)26)16(29-23-17)22-19(27)21-8-5-11-24-9-3-4-10-24/h1-2,6-7H,3-5,8-12H2,(H,25,26)(H2,21,22,27). The first-order valence-corrected chi connectivity index (χ1v) is 11.2. The van der Waals surface area contributed by atoms with E-state index in [4.69, 9.17) is 0 Å². The lowest BCUT2D eigenvalue weighted by Crippen LogP contribution is -2.32. The fraction of sp³-hybridized carbons (Fsp3) is 0.421. The van der Waals surface area contributed by atoms with Crippen LogP contribution in [0.3, 0.4) is 0 Å². The molecule has 1 saturated heterocycles. The van der Waals surface area contributed by atoms with Gasteiger partial charge in [-0.15, -0.1) is 0 Å². The fourth-order valence-corrected chi connectivity index (χ4v) is 4.99. The van der Waals surface area contributed by atoms with Crippen molar-refractivity contribution in [3.63, 3.8) is 0 Å². The molecule has 29 heavy (non-hydrogen) atoms. The van der Waals surface area contributed by atoms with Gasteiger partial charge in [-0.1, -0.05) is 30.0 Å². The second-order valence-electron chi connectivity index (χ2n) is 6.66. The molecule has 0 saturated carbocycles. The summed E-state index contributed by atoms with van der Waals surface area (Å²) < 4.78 is 17.9. The number of aromatic carboxylic acids is 1. The first-order valence-electron chi connectivity index (χ1n) is 9.41. The van der Waals surface area contributed by atoms with Gasteiger partial charge in [0.1, 0.15) is 21.4 Å². The molecule has 1 fully saturated rings. The van der Waals surface area contributed by atoms with Crippen molar-refractivity contribution < 1.29 is 19.1 Å². The largest absolute Gasteiger partial charge is 0.477 e. The van der Waals surface area contributed by atoms with Gasteiger partial charge in [0, 0.05) is 12.3 Å². The number of likely N-dealkylation sites (tertiary alicyclic amines) is 1. The van der Waals surface area contributed by atoms with Crippen LogP contribution in [0.5, 0.6) is 0 Å². The fourth-order valence-electron chi connectivity index (χ4n) is 3.07. The van der Waals surface area contributed by atoms with E-state index in [2.05, 4.69) is 19.9 Å². The molecule has 3 rings (SSSR count). The molecule has 0 radical (unpaired) electrons. The summed E-state index contributed by atoms with van der Waals surface area (Å²) in [6, 6.07) is 5.86. The third-order valence-electron chi connectivity index (χ3n) is 4.56. The maximum Gasteiger partial charge on any atom is 0.341 e. The molecular formula is C19H23FN4O3S2. The predicted octanol–water partition coefficient (Wildman–Crippen LogP) is 3.88. The Kier molecular flexibility index (Phi) is 7.84. The first kappa shape index (κ1) is 21.5. The van der Waals surface area contributed by atoms with Crippen molar-refractivity contribution in [1.82, 2.24) is 14.6 Å². The van der Waals surface area contributed by atoms with Crippen LogP contribution >= 0.6 is 23.3 Å². The van der Waals surface area contributed by atoms with Gasteiger partial charge >= 0.3 is 12.0 Å². The number of nitrogens with one attached hydrogen (secondary N) is 2. The number of carbonyl (C=O) groups is 2. The molecule has 2 amide bonds. The highest BCUT2D eigenvalue weighted by molar-refractivity contribution is 7.98. The van der Waals surface area contributed by atoms with Crippen LogP contribution in [0.4, 0.5) is 14.2 Å². The summed E-state index contributed by atoms with van der Waals surface area (Å²) in [7, 11) is 0. The number of rotatable bonds is 9. The zero-order valence-corrected chi connectivity index (χ0v) is 17.5. The molecule has 0 atom stereocenters. The molecule has 10 heteroatoms. The Balaban J connectivity index is 1.52. The van der Waals surface area contributed by atoms with Crippen molar-refractivity contribution in [2.45, 2.75) is 30.0 Å². The zero-order valence-electron chi connectivity index (χ0n) is 15.8. The van der Waals surface area contributed by atoms with Crippen molar-refractivity contribution in [3.8, 4) is 0 Å². The molecule has 0 spiro atoms. The molecule has 156 valence electrons. The molecule has 1 aliphatic rings. The lowest BCUT2D eigenvalue weighted by atomic mass is 10.2. The minimum absolute atomic E-state index is 0.0662. The molecule has 2 heterocycles. The highest BCUT2D eigenvalue weighted by Crippen LogP contribution is 2.34. The Hall–Kier alpha value is -2.17. The molecule has 7 nitrogen and oxygen atoms in total. The van der Waals surface area contributed by atoms with Gasteiger partial charge in [0.2, 0.25) is 0 Å². The number of thioether (sulfide) groups is 1. The van der Waals surface area contributed by atoms with Crippen LogP contribution in [0.1, 0.15) is 35.2 Å². The van der Waals surface area contributed by atoms with E-state index in [1.807, 2.05) is 0 Å². The Labute approximate surface area is 176 Å². The van der Waals surface area contributed by atoms with Crippen LogP contribution in [0.15, 0.2) is 29.3 Å². The highest BCUT2D eigenvalue weighted by Gasteiger charge is 2.22. The number of hydrogen-bond acceptors (Lipinski definition) is 6. The molecule has 3 N–H and O–H groups in total. The minimum atomic E-state index is -1.18. The maximum atomic E-state index is 13.8. The minimum Gasteiger partial charge on any atom is -0.477 e. The van der Waals surface area contributed by atoms with E-state index in [-0.39, 0.29) is 27.2 Å². The van der Waals surface area contributed by atoms with Gasteiger partial charge in [0.25, 0.3) is 0 Å². The summed E-state index contributed by atoms with van der Waals surface area (Å²) in [5.74, 6) is -1.28. The van der Waals surface area contributed by atoms with E-state index in [0.717, 1.165) is 49.3 Å². The van der Waals surface area contributed by atoms with E-state index in [1.165, 1.54) is 18.9 Å². The van der Waals surface area contributed by atoms with Crippen LogP contribution < -0.4 is 10.6 Å². The smallest absolute Gasteiger partial charge is 0.341 e. The summed E-state index contributed by atoms with van der Waals surface area (Å²) in [4.78, 5) is 26.1. The lowest BCUT2D eigenvalue weighted by molar-refractivity contribution is 0.0694. The van der Waals surface area contributed by atoms with Gasteiger partial charge in [-0.2, -0.15) is 4.37 Å². The van der Waals surface area contributed by atoms with Crippen molar-refractivity contribution in [2.24, 2.45) is 0 Å². The number of carboxylic acids is 1. The molecule has 1 aliphatic heterocycles. The molecule has 1 aromatic carbocycles. The van der Waals surface area contributed by atoms with Gasteiger partial charge in [-0.05, 0) is 62.1 Å². The van der Waals surface area contributed by atoms with E-state index in [0.29, 0.717) is 12.1 Å². The molecule has 0 unspecified atom stereocenters. The van der Waals surface area contributed by atoms with Crippen LogP contribution in [-0.4, -0.2) is 52.6 Å². The normalized spacial score (nSPS) is 14.1. The van der Waals surface area contributed by atoms with E-state index >= 15 is 0 Å². The van der Waals surface area contributed by atoms with Crippen LogP contribution in [0.25, 0.3) is 0 Å². The second kappa shape index (κ2) is 10.6. The molecule has 0 aliphatic carbocycles. The van der Waals surface area contributed by atoms with Gasteiger partial charge in [-0.3, -0.25) is 5.32 Å². The Bertz CT molecular complexity index is 856. The topological polar surface area (TPSA) is 94.6 Å². The Morgan fingerprint density at radius 2 is 2.03 bits per heavy atom. The molecule has 1 aromatic heterocycles. The number of hydrogen-bond donors (Lipinski definition) is 3. The van der Waals surface area contributed by atoms with E-state index in [1.54, 1.807) is 18.2 Å². The van der Waals surface area contributed by atoms with Crippen molar-refractivity contribution in [3.05, 3.63) is 41.2 Å². The van der Waals surface area contributed by atoms with Gasteiger partial charge in [-0.25, -0.2) is 14.0 Å². The predicted molar refractivity (Wildman–Crippen MR) is 112 cm³/mol. The monoisotopic (exact) mass is 438 g/mol. The van der Waals surface area contributed by atoms with Crippen molar-refractivity contribution in [1.29, 1.82) is 0 Å². The lowest BCUT2D eigenvalue weighted by Gasteiger charge is -2.14. The molecular weight excluding hydrogens is 415 g/mol. The third-order valence-corrected chi connectivity index (χ3v) is 6.46. The number of anilines is 1. The highest BCUT2D eigenvalue weighted by atomic mass is 32.2. The van der Waals surface area contributed by atoms with Gasteiger partial charge in [0.05, 0.1) is 0 Å². The second-order valence-corrected chi connectivity index (χ2v) is 8.40. The average molecular weight is 439 g/mol. The summed E-state index contributed by atoms with van der Waals surface area (Å²) in [5, 5.41) is 15.3. The summed E-state index contributed by atoms with van der Waals surface area (Å²) in [6.45, 7) is 3.68. The number of aromatic nitrogens is 1. The number of benzene rings is 1. The third kappa shape index (κ3) is 6.15.